The zero-order valence-electron chi connectivity index (χ0n) is 9.01. The summed E-state index contributed by atoms with van der Waals surface area (Å²) in [7, 11) is 0. The molecule has 0 atom stereocenters. The van der Waals surface area contributed by atoms with Gasteiger partial charge in [-0.05, 0) is 24.3 Å². The molecule has 0 aliphatic carbocycles. The second-order valence-electron chi connectivity index (χ2n) is 3.35. The number of halogens is 1. The summed E-state index contributed by atoms with van der Waals surface area (Å²) >= 11 is 5.47. The average Bonchev–Trinajstić information content (AvgIpc) is 2.84. The molecule has 0 saturated heterocycles. The number of nitrogens with zero attached hydrogens (tertiary/aromatic N) is 3. The van der Waals surface area contributed by atoms with Crippen molar-refractivity contribution in [1.82, 2.24) is 15.0 Å². The molecule has 2 rings (SSSR count). The van der Waals surface area contributed by atoms with Gasteiger partial charge in [-0.2, -0.15) is 15.0 Å². The maximum absolute atomic E-state index is 11.3. The largest absolute Gasteiger partial charge is 0.326 e. The lowest BCUT2D eigenvalue weighted by molar-refractivity contribution is -0.115. The summed E-state index contributed by atoms with van der Waals surface area (Å²) in [5, 5.41) is 10.8. The Morgan fingerprint density at radius 3 is 2.47 bits per heavy atom. The Labute approximate surface area is 103 Å². The first-order chi connectivity index (χ1) is 8.29. The predicted octanol–water partition coefficient (Wildman–Crippen LogP) is 1.83. The van der Waals surface area contributed by atoms with Crippen LogP contribution in [0.2, 0.25) is 0 Å². The highest BCUT2D eigenvalue weighted by Crippen LogP contribution is 2.11. The standard InChI is InChI=1S/C11H11ClN4O/c12-6-5-11(17)15-9-1-3-10(4-2-9)16-13-7-8-14-16/h1-4,7-8H,5-6H2,(H,15,17). The first-order valence-corrected chi connectivity index (χ1v) is 5.65. The van der Waals surface area contributed by atoms with Gasteiger partial charge in [0.1, 0.15) is 0 Å². The number of alkyl halides is 1. The van der Waals surface area contributed by atoms with E-state index in [1.807, 2.05) is 12.1 Å². The van der Waals surface area contributed by atoms with E-state index in [1.165, 1.54) is 4.80 Å². The van der Waals surface area contributed by atoms with Gasteiger partial charge >= 0.3 is 0 Å². The van der Waals surface area contributed by atoms with Crippen molar-refractivity contribution in [3.05, 3.63) is 36.7 Å². The van der Waals surface area contributed by atoms with E-state index in [0.717, 1.165) is 11.4 Å². The zero-order valence-corrected chi connectivity index (χ0v) is 9.76. The lowest BCUT2D eigenvalue weighted by Crippen LogP contribution is -2.11. The van der Waals surface area contributed by atoms with Crippen molar-refractivity contribution in [2.24, 2.45) is 0 Å². The van der Waals surface area contributed by atoms with Crippen LogP contribution in [0.5, 0.6) is 0 Å². The molecule has 0 saturated carbocycles. The number of anilines is 1. The first kappa shape index (κ1) is 11.6. The third kappa shape index (κ3) is 3.04. The summed E-state index contributed by atoms with van der Waals surface area (Å²) in [6.45, 7) is 0. The van der Waals surface area contributed by atoms with Crippen LogP contribution in [0.4, 0.5) is 5.69 Å². The van der Waals surface area contributed by atoms with Crippen molar-refractivity contribution in [3.63, 3.8) is 0 Å². The first-order valence-electron chi connectivity index (χ1n) is 5.12. The van der Waals surface area contributed by atoms with E-state index >= 15 is 0 Å². The number of rotatable bonds is 4. The maximum atomic E-state index is 11.3. The molecule has 17 heavy (non-hydrogen) atoms. The summed E-state index contributed by atoms with van der Waals surface area (Å²) < 4.78 is 0. The SMILES string of the molecule is O=C(CCCl)Nc1ccc(-n2nccn2)cc1. The second-order valence-corrected chi connectivity index (χ2v) is 3.73. The monoisotopic (exact) mass is 250 g/mol. The molecule has 2 aromatic rings. The average molecular weight is 251 g/mol. The highest BCUT2D eigenvalue weighted by molar-refractivity contribution is 6.19. The highest BCUT2D eigenvalue weighted by atomic mass is 35.5. The van der Waals surface area contributed by atoms with Crippen LogP contribution in [-0.2, 0) is 4.79 Å². The van der Waals surface area contributed by atoms with Crippen molar-refractivity contribution in [1.29, 1.82) is 0 Å². The summed E-state index contributed by atoms with van der Waals surface area (Å²) in [5.41, 5.74) is 1.57. The molecule has 0 radical (unpaired) electrons. The normalized spacial score (nSPS) is 10.2. The highest BCUT2D eigenvalue weighted by Gasteiger charge is 2.02. The number of hydrogen-bond acceptors (Lipinski definition) is 3. The second kappa shape index (κ2) is 5.45. The van der Waals surface area contributed by atoms with Crippen LogP contribution in [0.3, 0.4) is 0 Å². The number of amides is 1. The Morgan fingerprint density at radius 2 is 1.88 bits per heavy atom. The molecule has 1 aromatic carbocycles. The summed E-state index contributed by atoms with van der Waals surface area (Å²) in [5.74, 6) is 0.228. The molecule has 1 aromatic heterocycles. The number of benzene rings is 1. The van der Waals surface area contributed by atoms with Gasteiger partial charge in [0, 0.05) is 18.0 Å². The van der Waals surface area contributed by atoms with Crippen LogP contribution in [0.15, 0.2) is 36.7 Å². The van der Waals surface area contributed by atoms with Crippen LogP contribution >= 0.6 is 11.6 Å². The molecule has 1 heterocycles. The minimum Gasteiger partial charge on any atom is -0.326 e. The number of nitrogens with one attached hydrogen (secondary N) is 1. The molecule has 0 spiro atoms. The Morgan fingerprint density at radius 1 is 1.24 bits per heavy atom. The van der Waals surface area contributed by atoms with Crippen molar-refractivity contribution in [3.8, 4) is 5.69 Å². The van der Waals surface area contributed by atoms with Gasteiger partial charge in [-0.15, -0.1) is 11.6 Å². The minimum atomic E-state index is -0.0926. The fourth-order valence-electron chi connectivity index (χ4n) is 1.34. The van der Waals surface area contributed by atoms with E-state index in [-0.39, 0.29) is 5.91 Å². The minimum absolute atomic E-state index is 0.0926. The summed E-state index contributed by atoms with van der Waals surface area (Å²) in [6.07, 6.45) is 3.52. The number of hydrogen-bond donors (Lipinski definition) is 1. The Balaban J connectivity index is 2.06. The van der Waals surface area contributed by atoms with Crippen molar-refractivity contribution < 1.29 is 4.79 Å². The molecule has 88 valence electrons. The molecule has 0 unspecified atom stereocenters. The Bertz CT molecular complexity index is 481. The lowest BCUT2D eigenvalue weighted by atomic mass is 10.3. The lowest BCUT2D eigenvalue weighted by Gasteiger charge is -2.05. The molecular weight excluding hydrogens is 240 g/mol. The third-order valence-electron chi connectivity index (χ3n) is 2.12. The fourth-order valence-corrected chi connectivity index (χ4v) is 1.51. The molecule has 0 fully saturated rings. The van der Waals surface area contributed by atoms with Crippen LogP contribution in [-0.4, -0.2) is 26.8 Å². The number of aromatic nitrogens is 3. The van der Waals surface area contributed by atoms with Gasteiger partial charge in [-0.25, -0.2) is 0 Å². The van der Waals surface area contributed by atoms with Crippen LogP contribution in [0, 0.1) is 0 Å². The van der Waals surface area contributed by atoms with E-state index in [9.17, 15) is 4.79 Å². The van der Waals surface area contributed by atoms with E-state index in [2.05, 4.69) is 15.5 Å². The summed E-state index contributed by atoms with van der Waals surface area (Å²) in [6, 6.07) is 7.25. The van der Waals surface area contributed by atoms with E-state index < -0.39 is 0 Å². The van der Waals surface area contributed by atoms with Crippen molar-refractivity contribution in [2.45, 2.75) is 6.42 Å². The number of carbonyl (C=O) groups is 1. The Kier molecular flexibility index (Phi) is 3.72. The zero-order chi connectivity index (χ0) is 12.1. The van der Waals surface area contributed by atoms with Gasteiger partial charge in [-0.3, -0.25) is 4.79 Å². The molecule has 6 heteroatoms. The maximum Gasteiger partial charge on any atom is 0.225 e. The van der Waals surface area contributed by atoms with Crippen molar-refractivity contribution >= 4 is 23.2 Å². The molecule has 1 N–H and O–H groups in total. The van der Waals surface area contributed by atoms with Gasteiger partial charge in [0.15, 0.2) is 0 Å². The van der Waals surface area contributed by atoms with Crippen molar-refractivity contribution in [2.75, 3.05) is 11.2 Å². The van der Waals surface area contributed by atoms with E-state index in [0.29, 0.717) is 12.3 Å². The smallest absolute Gasteiger partial charge is 0.225 e. The Hall–Kier alpha value is -1.88. The molecule has 0 aliphatic rings. The predicted molar refractivity (Wildman–Crippen MR) is 65.3 cm³/mol. The number of carbonyl (C=O) groups excluding carboxylic acids is 1. The van der Waals surface area contributed by atoms with E-state index in [1.54, 1.807) is 24.5 Å². The van der Waals surface area contributed by atoms with Crippen LogP contribution < -0.4 is 5.32 Å². The summed E-state index contributed by atoms with van der Waals surface area (Å²) in [4.78, 5) is 12.8. The molecular formula is C11H11ClN4O. The van der Waals surface area contributed by atoms with Gasteiger partial charge in [0.05, 0.1) is 18.1 Å². The van der Waals surface area contributed by atoms with Gasteiger partial charge in [0.25, 0.3) is 0 Å². The van der Waals surface area contributed by atoms with Crippen LogP contribution in [0.1, 0.15) is 6.42 Å². The molecule has 0 bridgehead atoms. The molecule has 5 nitrogen and oxygen atoms in total. The topological polar surface area (TPSA) is 59.8 Å². The molecule has 1 amide bonds. The van der Waals surface area contributed by atoms with Gasteiger partial charge in [-0.1, -0.05) is 0 Å². The fraction of sp³-hybridized carbons (Fsp3) is 0.182. The van der Waals surface area contributed by atoms with Crippen LogP contribution in [0.25, 0.3) is 5.69 Å². The van der Waals surface area contributed by atoms with Gasteiger partial charge in [0.2, 0.25) is 5.91 Å². The molecule has 0 aliphatic heterocycles. The quantitative estimate of drug-likeness (QED) is 0.843. The van der Waals surface area contributed by atoms with Gasteiger partial charge < -0.3 is 5.32 Å². The third-order valence-corrected chi connectivity index (χ3v) is 2.31. The van der Waals surface area contributed by atoms with E-state index in [4.69, 9.17) is 11.6 Å².